The standard InChI is InChI=1S/C12H23N5OS/c1-5-7-13-10-15-11(17-12(16-10)18-3)14-9(6-2)8-19-4/h9H,5-8H2,1-4H3,(H2,13,14,15,16,17). The Balaban J connectivity index is 2.80. The Kier molecular flexibility index (Phi) is 7.32. The maximum atomic E-state index is 5.10. The SMILES string of the molecule is CCCNc1nc(NC(CC)CSC)nc(OC)n1. The van der Waals surface area contributed by atoms with Crippen molar-refractivity contribution in [3.8, 4) is 6.01 Å². The average molecular weight is 285 g/mol. The van der Waals surface area contributed by atoms with Crippen LogP contribution in [0.3, 0.4) is 0 Å². The first kappa shape index (κ1) is 15.8. The highest BCUT2D eigenvalue weighted by molar-refractivity contribution is 7.98. The minimum absolute atomic E-state index is 0.329. The molecule has 0 fully saturated rings. The van der Waals surface area contributed by atoms with Gasteiger partial charge in [-0.05, 0) is 19.1 Å². The molecule has 2 N–H and O–H groups in total. The topological polar surface area (TPSA) is 72.0 Å². The highest BCUT2D eigenvalue weighted by Gasteiger charge is 2.10. The molecule has 0 saturated carbocycles. The van der Waals surface area contributed by atoms with Gasteiger partial charge in [0.25, 0.3) is 0 Å². The summed E-state index contributed by atoms with van der Waals surface area (Å²) in [5.74, 6) is 2.13. The Morgan fingerprint density at radius 1 is 1.21 bits per heavy atom. The second-order valence-corrected chi connectivity index (χ2v) is 5.01. The van der Waals surface area contributed by atoms with Crippen LogP contribution in [0.4, 0.5) is 11.9 Å². The van der Waals surface area contributed by atoms with Crippen molar-refractivity contribution < 1.29 is 4.74 Å². The predicted octanol–water partition coefficient (Wildman–Crippen LogP) is 2.26. The van der Waals surface area contributed by atoms with E-state index in [1.54, 1.807) is 18.9 Å². The first-order valence-corrected chi connectivity index (χ1v) is 7.92. The predicted molar refractivity (Wildman–Crippen MR) is 81.2 cm³/mol. The number of nitrogens with one attached hydrogen (secondary N) is 2. The second kappa shape index (κ2) is 8.79. The van der Waals surface area contributed by atoms with Crippen molar-refractivity contribution in [2.45, 2.75) is 32.7 Å². The number of anilines is 2. The summed E-state index contributed by atoms with van der Waals surface area (Å²) in [7, 11) is 1.56. The average Bonchev–Trinajstić information content (AvgIpc) is 2.44. The van der Waals surface area contributed by atoms with E-state index < -0.39 is 0 Å². The summed E-state index contributed by atoms with van der Waals surface area (Å²) in [6.07, 6.45) is 4.12. The van der Waals surface area contributed by atoms with Crippen LogP contribution in [0.15, 0.2) is 0 Å². The van der Waals surface area contributed by atoms with Crippen LogP contribution in [-0.2, 0) is 0 Å². The lowest BCUT2D eigenvalue weighted by Gasteiger charge is -2.16. The minimum Gasteiger partial charge on any atom is -0.467 e. The van der Waals surface area contributed by atoms with Crippen LogP contribution in [0.2, 0.25) is 0 Å². The summed E-state index contributed by atoms with van der Waals surface area (Å²) >= 11 is 1.80. The molecule has 1 aromatic heterocycles. The molecule has 1 atom stereocenters. The highest BCUT2D eigenvalue weighted by atomic mass is 32.2. The van der Waals surface area contributed by atoms with Gasteiger partial charge in [-0.3, -0.25) is 0 Å². The summed E-state index contributed by atoms with van der Waals surface area (Å²) in [6.45, 7) is 5.06. The van der Waals surface area contributed by atoms with Gasteiger partial charge in [-0.15, -0.1) is 0 Å². The molecule has 0 aliphatic rings. The third-order valence-electron chi connectivity index (χ3n) is 2.52. The number of hydrogen-bond acceptors (Lipinski definition) is 7. The third-order valence-corrected chi connectivity index (χ3v) is 3.26. The molecule has 1 aromatic rings. The summed E-state index contributed by atoms with van der Waals surface area (Å²) in [5.41, 5.74) is 0. The Morgan fingerprint density at radius 3 is 2.53 bits per heavy atom. The van der Waals surface area contributed by atoms with E-state index in [-0.39, 0.29) is 0 Å². The lowest BCUT2D eigenvalue weighted by atomic mass is 10.3. The summed E-state index contributed by atoms with van der Waals surface area (Å²) in [4.78, 5) is 12.7. The molecule has 19 heavy (non-hydrogen) atoms. The fourth-order valence-corrected chi connectivity index (χ4v) is 2.19. The van der Waals surface area contributed by atoms with Gasteiger partial charge in [0.15, 0.2) is 0 Å². The van der Waals surface area contributed by atoms with Crippen molar-refractivity contribution in [1.29, 1.82) is 0 Å². The molecule has 0 spiro atoms. The molecule has 1 heterocycles. The molecule has 1 unspecified atom stereocenters. The van der Waals surface area contributed by atoms with Crippen LogP contribution in [-0.4, -0.2) is 46.7 Å². The lowest BCUT2D eigenvalue weighted by molar-refractivity contribution is 0.379. The van der Waals surface area contributed by atoms with Crippen LogP contribution in [0.1, 0.15) is 26.7 Å². The van der Waals surface area contributed by atoms with Gasteiger partial charge in [0.2, 0.25) is 11.9 Å². The maximum Gasteiger partial charge on any atom is 0.322 e. The van der Waals surface area contributed by atoms with E-state index in [1.807, 2.05) is 0 Å². The number of thioether (sulfide) groups is 1. The van der Waals surface area contributed by atoms with E-state index in [4.69, 9.17) is 4.74 Å². The summed E-state index contributed by atoms with van der Waals surface area (Å²) in [5, 5.41) is 6.46. The van der Waals surface area contributed by atoms with Gasteiger partial charge in [-0.1, -0.05) is 13.8 Å². The Hall–Kier alpha value is -1.24. The van der Waals surface area contributed by atoms with E-state index in [0.29, 0.717) is 23.9 Å². The molecular weight excluding hydrogens is 262 g/mol. The number of hydrogen-bond donors (Lipinski definition) is 2. The van der Waals surface area contributed by atoms with E-state index in [2.05, 4.69) is 45.7 Å². The van der Waals surface area contributed by atoms with Gasteiger partial charge in [0.05, 0.1) is 7.11 Å². The van der Waals surface area contributed by atoms with Crippen LogP contribution < -0.4 is 15.4 Å². The molecule has 0 radical (unpaired) electrons. The molecule has 1 rings (SSSR count). The largest absolute Gasteiger partial charge is 0.467 e. The molecular formula is C12H23N5OS. The quantitative estimate of drug-likeness (QED) is 0.721. The summed E-state index contributed by atoms with van der Waals surface area (Å²) in [6, 6.07) is 0.677. The van der Waals surface area contributed by atoms with Crippen molar-refractivity contribution in [1.82, 2.24) is 15.0 Å². The Labute approximate surface area is 119 Å². The zero-order valence-electron chi connectivity index (χ0n) is 12.1. The molecule has 7 heteroatoms. The van der Waals surface area contributed by atoms with Crippen molar-refractivity contribution in [2.24, 2.45) is 0 Å². The first-order chi connectivity index (χ1) is 9.23. The Morgan fingerprint density at radius 2 is 1.95 bits per heavy atom. The second-order valence-electron chi connectivity index (χ2n) is 4.10. The Bertz CT molecular complexity index is 377. The van der Waals surface area contributed by atoms with Crippen LogP contribution in [0.5, 0.6) is 6.01 Å². The number of aromatic nitrogens is 3. The number of methoxy groups -OCH3 is 1. The smallest absolute Gasteiger partial charge is 0.322 e. The monoisotopic (exact) mass is 285 g/mol. The van der Waals surface area contributed by atoms with Gasteiger partial charge in [0.1, 0.15) is 0 Å². The van der Waals surface area contributed by atoms with Crippen LogP contribution >= 0.6 is 11.8 Å². The zero-order chi connectivity index (χ0) is 14.1. The molecule has 0 amide bonds. The molecule has 0 bridgehead atoms. The van der Waals surface area contributed by atoms with E-state index >= 15 is 0 Å². The first-order valence-electron chi connectivity index (χ1n) is 6.52. The van der Waals surface area contributed by atoms with Gasteiger partial charge in [-0.2, -0.15) is 26.7 Å². The number of rotatable bonds is 9. The van der Waals surface area contributed by atoms with Gasteiger partial charge in [0, 0.05) is 18.3 Å². The fourth-order valence-electron chi connectivity index (χ4n) is 1.47. The van der Waals surface area contributed by atoms with Crippen LogP contribution in [0, 0.1) is 0 Å². The van der Waals surface area contributed by atoms with Crippen LogP contribution in [0.25, 0.3) is 0 Å². The molecule has 0 saturated heterocycles. The van der Waals surface area contributed by atoms with E-state index in [9.17, 15) is 0 Å². The molecule has 0 aliphatic carbocycles. The maximum absolute atomic E-state index is 5.10. The normalized spacial score (nSPS) is 12.0. The lowest BCUT2D eigenvalue weighted by Crippen LogP contribution is -2.23. The zero-order valence-corrected chi connectivity index (χ0v) is 12.9. The minimum atomic E-state index is 0.329. The molecule has 0 aromatic carbocycles. The van der Waals surface area contributed by atoms with E-state index in [1.165, 1.54) is 0 Å². The third kappa shape index (κ3) is 5.50. The molecule has 0 aliphatic heterocycles. The summed E-state index contributed by atoms with van der Waals surface area (Å²) < 4.78 is 5.10. The number of ether oxygens (including phenoxy) is 1. The van der Waals surface area contributed by atoms with Gasteiger partial charge < -0.3 is 15.4 Å². The van der Waals surface area contributed by atoms with Gasteiger partial charge >= 0.3 is 6.01 Å². The molecule has 108 valence electrons. The number of nitrogens with zero attached hydrogens (tertiary/aromatic N) is 3. The van der Waals surface area contributed by atoms with Crippen molar-refractivity contribution in [3.63, 3.8) is 0 Å². The van der Waals surface area contributed by atoms with Gasteiger partial charge in [-0.25, -0.2) is 0 Å². The fraction of sp³-hybridized carbons (Fsp3) is 0.750. The van der Waals surface area contributed by atoms with Crippen molar-refractivity contribution in [3.05, 3.63) is 0 Å². The highest BCUT2D eigenvalue weighted by Crippen LogP contribution is 2.13. The van der Waals surface area contributed by atoms with Crippen molar-refractivity contribution >= 4 is 23.7 Å². The van der Waals surface area contributed by atoms with Crippen molar-refractivity contribution in [2.75, 3.05) is 36.3 Å². The molecule has 6 nitrogen and oxygen atoms in total. The van der Waals surface area contributed by atoms with E-state index in [0.717, 1.165) is 25.1 Å².